The summed E-state index contributed by atoms with van der Waals surface area (Å²) in [7, 11) is 0. The predicted molar refractivity (Wildman–Crippen MR) is 62.7 cm³/mol. The van der Waals surface area contributed by atoms with Crippen LogP contribution in [0.5, 0.6) is 0 Å². The van der Waals surface area contributed by atoms with Crippen LogP contribution < -0.4 is 5.73 Å². The van der Waals surface area contributed by atoms with Crippen LogP contribution in [-0.4, -0.2) is 20.8 Å². The summed E-state index contributed by atoms with van der Waals surface area (Å²) in [5.41, 5.74) is 7.16. The van der Waals surface area contributed by atoms with Gasteiger partial charge in [0, 0.05) is 18.6 Å². The van der Waals surface area contributed by atoms with Crippen molar-refractivity contribution in [2.24, 2.45) is 5.73 Å². The Labute approximate surface area is 97.0 Å². The minimum absolute atomic E-state index is 0.0275. The lowest BCUT2D eigenvalue weighted by Crippen LogP contribution is -2.14. The molecule has 6 heteroatoms. The van der Waals surface area contributed by atoms with Crippen LogP contribution in [0.25, 0.3) is 0 Å². The van der Waals surface area contributed by atoms with Crippen LogP contribution >= 0.6 is 11.8 Å². The number of hydrogen-bond donors (Lipinski definition) is 3. The number of nitrogens with one attached hydrogen (secondary N) is 2. The van der Waals surface area contributed by atoms with Crippen molar-refractivity contribution in [3.05, 3.63) is 35.8 Å². The van der Waals surface area contributed by atoms with Gasteiger partial charge in [-0.3, -0.25) is 5.41 Å². The molecular formula is C10H11N5S. The number of aromatic nitrogens is 3. The Morgan fingerprint density at radius 1 is 1.44 bits per heavy atom. The molecule has 0 saturated carbocycles. The normalized spacial score (nSPS) is 10.3. The Morgan fingerprint density at radius 3 is 2.88 bits per heavy atom. The van der Waals surface area contributed by atoms with Crippen LogP contribution in [0.3, 0.4) is 0 Å². The Bertz CT molecular complexity index is 506. The minimum Gasteiger partial charge on any atom is -0.384 e. The first kappa shape index (κ1) is 10.7. The first-order valence-corrected chi connectivity index (χ1v) is 5.47. The summed E-state index contributed by atoms with van der Waals surface area (Å²) >= 11 is 1.36. The summed E-state index contributed by atoms with van der Waals surface area (Å²) in [5.74, 6) is 0.0275. The zero-order valence-corrected chi connectivity index (χ0v) is 9.51. The third-order valence-electron chi connectivity index (χ3n) is 2.06. The van der Waals surface area contributed by atoms with Crippen molar-refractivity contribution in [2.45, 2.75) is 17.1 Å². The monoisotopic (exact) mass is 233 g/mol. The fourth-order valence-corrected chi connectivity index (χ4v) is 2.25. The molecule has 0 radical (unpaired) electrons. The zero-order chi connectivity index (χ0) is 11.5. The Morgan fingerprint density at radius 2 is 2.25 bits per heavy atom. The first-order valence-electron chi connectivity index (χ1n) is 4.65. The maximum atomic E-state index is 7.54. The van der Waals surface area contributed by atoms with Gasteiger partial charge in [-0.05, 0) is 30.3 Å². The number of pyridine rings is 1. The molecule has 0 spiro atoms. The van der Waals surface area contributed by atoms with Crippen molar-refractivity contribution in [3.8, 4) is 0 Å². The number of nitrogen functional groups attached to an aromatic ring is 1. The Kier molecular flexibility index (Phi) is 2.91. The van der Waals surface area contributed by atoms with Gasteiger partial charge in [-0.15, -0.1) is 0 Å². The molecule has 0 fully saturated rings. The van der Waals surface area contributed by atoms with Gasteiger partial charge in [0.15, 0.2) is 5.16 Å². The van der Waals surface area contributed by atoms with E-state index in [4.69, 9.17) is 11.1 Å². The number of amidine groups is 1. The molecule has 2 aromatic rings. The fraction of sp³-hybridized carbons (Fsp3) is 0.100. The van der Waals surface area contributed by atoms with E-state index in [1.807, 2.05) is 13.0 Å². The van der Waals surface area contributed by atoms with Gasteiger partial charge in [-0.1, -0.05) is 0 Å². The van der Waals surface area contributed by atoms with Crippen molar-refractivity contribution in [3.63, 3.8) is 0 Å². The van der Waals surface area contributed by atoms with Crippen LogP contribution in [0.4, 0.5) is 0 Å². The molecule has 0 amide bonds. The maximum absolute atomic E-state index is 7.54. The molecule has 0 aromatic carbocycles. The molecule has 2 rings (SSSR count). The van der Waals surface area contributed by atoms with Gasteiger partial charge in [0.1, 0.15) is 10.9 Å². The number of H-pyrrole nitrogens is 1. The molecule has 0 aliphatic rings. The van der Waals surface area contributed by atoms with Crippen molar-refractivity contribution in [2.75, 3.05) is 0 Å². The van der Waals surface area contributed by atoms with Gasteiger partial charge >= 0.3 is 0 Å². The Balaban J connectivity index is 2.40. The second-order valence-electron chi connectivity index (χ2n) is 3.22. The van der Waals surface area contributed by atoms with Gasteiger partial charge in [-0.2, -0.15) is 0 Å². The predicted octanol–water partition coefficient (Wildman–Crippen LogP) is 1.55. The van der Waals surface area contributed by atoms with Crippen LogP contribution in [0, 0.1) is 12.3 Å². The summed E-state index contributed by atoms with van der Waals surface area (Å²) in [6.45, 7) is 1.91. The second kappa shape index (κ2) is 4.36. The summed E-state index contributed by atoms with van der Waals surface area (Å²) < 4.78 is 0. The van der Waals surface area contributed by atoms with Crippen LogP contribution in [0.15, 0.2) is 34.8 Å². The molecule has 0 unspecified atom stereocenters. The molecule has 2 heterocycles. The van der Waals surface area contributed by atoms with Crippen LogP contribution in [-0.2, 0) is 0 Å². The lowest BCUT2D eigenvalue weighted by Gasteiger charge is -2.07. The summed E-state index contributed by atoms with van der Waals surface area (Å²) in [5, 5.41) is 8.97. The summed E-state index contributed by atoms with van der Waals surface area (Å²) in [6, 6.07) is 1.84. The highest BCUT2D eigenvalue weighted by atomic mass is 32.2. The highest BCUT2D eigenvalue weighted by molar-refractivity contribution is 7.99. The number of aromatic amines is 1. The van der Waals surface area contributed by atoms with Gasteiger partial charge in [0.2, 0.25) is 0 Å². The van der Waals surface area contributed by atoms with Crippen LogP contribution in [0.1, 0.15) is 11.1 Å². The highest BCUT2D eigenvalue weighted by Crippen LogP contribution is 2.26. The van der Waals surface area contributed by atoms with Gasteiger partial charge in [-0.25, -0.2) is 9.97 Å². The van der Waals surface area contributed by atoms with E-state index in [9.17, 15) is 0 Å². The van der Waals surface area contributed by atoms with E-state index in [1.54, 1.807) is 18.6 Å². The number of aryl methyl sites for hydroxylation is 1. The Hall–Kier alpha value is -1.82. The lowest BCUT2D eigenvalue weighted by atomic mass is 10.1. The highest BCUT2D eigenvalue weighted by Gasteiger charge is 2.12. The van der Waals surface area contributed by atoms with E-state index >= 15 is 0 Å². The van der Waals surface area contributed by atoms with E-state index in [1.165, 1.54) is 11.8 Å². The topological polar surface area (TPSA) is 91.4 Å². The maximum Gasteiger partial charge on any atom is 0.171 e. The molecule has 0 bridgehead atoms. The smallest absolute Gasteiger partial charge is 0.171 e. The zero-order valence-electron chi connectivity index (χ0n) is 8.69. The number of rotatable bonds is 3. The molecule has 4 N–H and O–H groups in total. The van der Waals surface area contributed by atoms with E-state index < -0.39 is 0 Å². The van der Waals surface area contributed by atoms with Gasteiger partial charge in [0.25, 0.3) is 0 Å². The number of nitrogens with zero attached hydrogens (tertiary/aromatic N) is 2. The standard InChI is InChI=1S/C10H11N5S/c1-6-2-3-13-9(7(6)8(11)12)16-10-14-4-5-15-10/h2-5H,1H3,(H3,11,12)(H,14,15). The van der Waals surface area contributed by atoms with Crippen molar-refractivity contribution >= 4 is 17.6 Å². The van der Waals surface area contributed by atoms with Crippen LogP contribution in [0.2, 0.25) is 0 Å². The van der Waals surface area contributed by atoms with Crippen molar-refractivity contribution < 1.29 is 0 Å². The van der Waals surface area contributed by atoms with Gasteiger partial charge in [0.05, 0.1) is 5.56 Å². The van der Waals surface area contributed by atoms with E-state index in [2.05, 4.69) is 15.0 Å². The molecule has 0 saturated heterocycles. The second-order valence-corrected chi connectivity index (χ2v) is 4.20. The van der Waals surface area contributed by atoms with Crippen molar-refractivity contribution in [1.82, 2.24) is 15.0 Å². The lowest BCUT2D eigenvalue weighted by molar-refractivity contribution is 1.03. The number of nitrogens with two attached hydrogens (primary N) is 1. The molecule has 16 heavy (non-hydrogen) atoms. The third kappa shape index (κ3) is 2.06. The summed E-state index contributed by atoms with van der Waals surface area (Å²) in [4.78, 5) is 11.3. The molecule has 0 aliphatic heterocycles. The number of hydrogen-bond acceptors (Lipinski definition) is 4. The number of imidazole rings is 1. The fourth-order valence-electron chi connectivity index (χ4n) is 1.34. The van der Waals surface area contributed by atoms with E-state index in [-0.39, 0.29) is 5.84 Å². The SMILES string of the molecule is Cc1ccnc(Sc2ncc[nH]2)c1C(=N)N. The molecular weight excluding hydrogens is 222 g/mol. The molecule has 0 aliphatic carbocycles. The molecule has 2 aromatic heterocycles. The quantitative estimate of drug-likeness (QED) is 0.554. The summed E-state index contributed by atoms with van der Waals surface area (Å²) in [6.07, 6.45) is 5.12. The average Bonchev–Trinajstić information content (AvgIpc) is 2.70. The molecule has 82 valence electrons. The molecule has 5 nitrogen and oxygen atoms in total. The third-order valence-corrected chi connectivity index (χ3v) is 2.98. The van der Waals surface area contributed by atoms with Crippen molar-refractivity contribution in [1.29, 1.82) is 5.41 Å². The molecule has 0 atom stereocenters. The minimum atomic E-state index is 0.0275. The van der Waals surface area contributed by atoms with Gasteiger partial charge < -0.3 is 10.7 Å². The first-order chi connectivity index (χ1) is 7.68. The largest absolute Gasteiger partial charge is 0.384 e. The van der Waals surface area contributed by atoms with E-state index in [0.717, 1.165) is 10.7 Å². The van der Waals surface area contributed by atoms with E-state index in [0.29, 0.717) is 10.6 Å². The average molecular weight is 233 g/mol.